The third-order valence-corrected chi connectivity index (χ3v) is 4.65. The van der Waals surface area contributed by atoms with E-state index in [0.29, 0.717) is 16.8 Å². The van der Waals surface area contributed by atoms with Crippen molar-refractivity contribution in [2.45, 2.75) is 32.6 Å². The van der Waals surface area contributed by atoms with Gasteiger partial charge >= 0.3 is 5.97 Å². The molecule has 1 aliphatic carbocycles. The largest absolute Gasteiger partial charge is 0.481 e. The SMILES string of the molecule is CC1CCC(C(=O)O)C(Cc2ccc(F)c(Br)c2)C1. The van der Waals surface area contributed by atoms with Gasteiger partial charge in [-0.3, -0.25) is 4.79 Å². The van der Waals surface area contributed by atoms with Gasteiger partial charge in [-0.15, -0.1) is 0 Å². The Morgan fingerprint density at radius 3 is 2.84 bits per heavy atom. The average Bonchev–Trinajstić information content (AvgIpc) is 2.33. The minimum Gasteiger partial charge on any atom is -0.481 e. The van der Waals surface area contributed by atoms with Gasteiger partial charge in [-0.2, -0.15) is 0 Å². The number of rotatable bonds is 3. The Morgan fingerprint density at radius 2 is 2.21 bits per heavy atom. The normalized spacial score (nSPS) is 27.2. The van der Waals surface area contributed by atoms with Crippen molar-refractivity contribution < 1.29 is 14.3 Å². The minimum absolute atomic E-state index is 0.151. The highest BCUT2D eigenvalue weighted by molar-refractivity contribution is 9.10. The van der Waals surface area contributed by atoms with Crippen molar-refractivity contribution in [3.63, 3.8) is 0 Å². The van der Waals surface area contributed by atoms with Crippen LogP contribution >= 0.6 is 15.9 Å². The first-order valence-electron chi connectivity index (χ1n) is 6.64. The van der Waals surface area contributed by atoms with E-state index in [1.807, 2.05) is 0 Å². The zero-order chi connectivity index (χ0) is 14.0. The van der Waals surface area contributed by atoms with Crippen molar-refractivity contribution >= 4 is 21.9 Å². The summed E-state index contributed by atoms with van der Waals surface area (Å²) >= 11 is 3.18. The zero-order valence-electron chi connectivity index (χ0n) is 10.9. The van der Waals surface area contributed by atoms with Gasteiger partial charge in [-0.25, -0.2) is 4.39 Å². The molecular weight excluding hydrogens is 311 g/mol. The Morgan fingerprint density at radius 1 is 1.47 bits per heavy atom. The van der Waals surface area contributed by atoms with E-state index in [1.165, 1.54) is 6.07 Å². The molecule has 1 N–H and O–H groups in total. The second kappa shape index (κ2) is 6.04. The first kappa shape index (κ1) is 14.5. The van der Waals surface area contributed by atoms with Gasteiger partial charge in [-0.05, 0) is 71.1 Å². The van der Waals surface area contributed by atoms with E-state index in [1.54, 1.807) is 12.1 Å². The first-order valence-corrected chi connectivity index (χ1v) is 7.43. The van der Waals surface area contributed by atoms with Crippen molar-refractivity contribution in [1.82, 2.24) is 0 Å². The van der Waals surface area contributed by atoms with Crippen LogP contribution in [0.2, 0.25) is 0 Å². The maximum absolute atomic E-state index is 13.2. The second-order valence-electron chi connectivity index (χ2n) is 5.58. The highest BCUT2D eigenvalue weighted by atomic mass is 79.9. The number of halogens is 2. The van der Waals surface area contributed by atoms with Crippen LogP contribution in [0.5, 0.6) is 0 Å². The molecule has 1 aromatic rings. The van der Waals surface area contributed by atoms with E-state index < -0.39 is 5.97 Å². The molecule has 1 aliphatic rings. The molecule has 1 saturated carbocycles. The van der Waals surface area contributed by atoms with E-state index in [4.69, 9.17) is 0 Å². The molecule has 19 heavy (non-hydrogen) atoms. The van der Waals surface area contributed by atoms with Crippen LogP contribution in [-0.4, -0.2) is 11.1 Å². The first-order chi connectivity index (χ1) is 8.97. The quantitative estimate of drug-likeness (QED) is 0.899. The van der Waals surface area contributed by atoms with Crippen molar-refractivity contribution in [3.8, 4) is 0 Å². The predicted octanol–water partition coefficient (Wildman–Crippen LogP) is 4.27. The standard InChI is InChI=1S/C15H18BrFO2/c1-9-2-4-12(15(18)19)11(6-9)7-10-3-5-14(17)13(16)8-10/h3,5,8-9,11-12H,2,4,6-7H2,1H3,(H,18,19). The van der Waals surface area contributed by atoms with Crippen LogP contribution in [0.4, 0.5) is 4.39 Å². The molecule has 0 amide bonds. The van der Waals surface area contributed by atoms with E-state index in [2.05, 4.69) is 22.9 Å². The number of hydrogen-bond donors (Lipinski definition) is 1. The van der Waals surface area contributed by atoms with Crippen molar-refractivity contribution in [2.24, 2.45) is 17.8 Å². The molecule has 4 heteroatoms. The van der Waals surface area contributed by atoms with E-state index in [-0.39, 0.29) is 17.7 Å². The third kappa shape index (κ3) is 3.56. The fourth-order valence-electron chi connectivity index (χ4n) is 3.02. The highest BCUT2D eigenvalue weighted by Crippen LogP contribution is 2.36. The number of carboxylic acid groups (broad SMARTS) is 1. The fourth-order valence-corrected chi connectivity index (χ4v) is 3.44. The molecule has 1 fully saturated rings. The summed E-state index contributed by atoms with van der Waals surface area (Å²) < 4.78 is 13.6. The monoisotopic (exact) mass is 328 g/mol. The summed E-state index contributed by atoms with van der Waals surface area (Å²) in [7, 11) is 0. The number of aliphatic carboxylic acids is 1. The molecule has 0 aliphatic heterocycles. The molecule has 0 radical (unpaired) electrons. The number of carbonyl (C=O) groups is 1. The van der Waals surface area contributed by atoms with Crippen LogP contribution in [0.3, 0.4) is 0 Å². The summed E-state index contributed by atoms with van der Waals surface area (Å²) in [5.74, 6) is -0.517. The smallest absolute Gasteiger partial charge is 0.306 e. The molecule has 0 heterocycles. The average molecular weight is 329 g/mol. The van der Waals surface area contributed by atoms with Gasteiger partial charge in [0.2, 0.25) is 0 Å². The Balaban J connectivity index is 2.13. The second-order valence-corrected chi connectivity index (χ2v) is 6.43. The summed E-state index contributed by atoms with van der Waals surface area (Å²) in [5, 5.41) is 9.30. The van der Waals surface area contributed by atoms with Gasteiger partial charge < -0.3 is 5.11 Å². The van der Waals surface area contributed by atoms with Crippen LogP contribution in [-0.2, 0) is 11.2 Å². The Kier molecular flexibility index (Phi) is 4.61. The Bertz CT molecular complexity index is 475. The zero-order valence-corrected chi connectivity index (χ0v) is 12.5. The Hall–Kier alpha value is -0.900. The lowest BCUT2D eigenvalue weighted by atomic mass is 9.72. The van der Waals surface area contributed by atoms with Gasteiger partial charge in [0.1, 0.15) is 5.82 Å². The Labute approximate surface area is 121 Å². The summed E-state index contributed by atoms with van der Waals surface area (Å²) in [6.07, 6.45) is 3.39. The van der Waals surface area contributed by atoms with Gasteiger partial charge in [0.15, 0.2) is 0 Å². The van der Waals surface area contributed by atoms with Crippen LogP contribution in [0, 0.1) is 23.6 Å². The van der Waals surface area contributed by atoms with Gasteiger partial charge in [0, 0.05) is 0 Å². The van der Waals surface area contributed by atoms with Crippen LogP contribution < -0.4 is 0 Å². The molecule has 0 bridgehead atoms. The number of carboxylic acids is 1. The molecular formula is C15H18BrFO2. The minimum atomic E-state index is -0.696. The molecule has 0 saturated heterocycles. The molecule has 3 unspecified atom stereocenters. The van der Waals surface area contributed by atoms with Gasteiger partial charge in [0.25, 0.3) is 0 Å². The molecule has 2 rings (SSSR count). The van der Waals surface area contributed by atoms with E-state index >= 15 is 0 Å². The van der Waals surface area contributed by atoms with Crippen molar-refractivity contribution in [2.75, 3.05) is 0 Å². The molecule has 104 valence electrons. The number of benzene rings is 1. The highest BCUT2D eigenvalue weighted by Gasteiger charge is 2.33. The fraction of sp³-hybridized carbons (Fsp3) is 0.533. The summed E-state index contributed by atoms with van der Waals surface area (Å²) in [4.78, 5) is 11.3. The molecule has 0 aromatic heterocycles. The molecule has 1 aromatic carbocycles. The molecule has 3 atom stereocenters. The van der Waals surface area contributed by atoms with Crippen LogP contribution in [0.15, 0.2) is 22.7 Å². The lowest BCUT2D eigenvalue weighted by Gasteiger charge is -2.32. The van der Waals surface area contributed by atoms with Crippen molar-refractivity contribution in [3.05, 3.63) is 34.1 Å². The summed E-state index contributed by atoms with van der Waals surface area (Å²) in [6, 6.07) is 4.94. The van der Waals surface area contributed by atoms with E-state index in [9.17, 15) is 14.3 Å². The third-order valence-electron chi connectivity index (χ3n) is 4.04. The number of hydrogen-bond acceptors (Lipinski definition) is 1. The van der Waals surface area contributed by atoms with Gasteiger partial charge in [-0.1, -0.05) is 13.0 Å². The molecule has 2 nitrogen and oxygen atoms in total. The van der Waals surface area contributed by atoms with E-state index in [0.717, 1.165) is 24.8 Å². The topological polar surface area (TPSA) is 37.3 Å². The maximum atomic E-state index is 13.2. The summed E-state index contributed by atoms with van der Waals surface area (Å²) in [5.41, 5.74) is 0.999. The van der Waals surface area contributed by atoms with Crippen LogP contribution in [0.1, 0.15) is 31.7 Å². The van der Waals surface area contributed by atoms with Crippen LogP contribution in [0.25, 0.3) is 0 Å². The lowest BCUT2D eigenvalue weighted by Crippen LogP contribution is -2.31. The lowest BCUT2D eigenvalue weighted by molar-refractivity contribution is -0.145. The summed E-state index contributed by atoms with van der Waals surface area (Å²) in [6.45, 7) is 2.17. The molecule has 0 spiro atoms. The predicted molar refractivity (Wildman–Crippen MR) is 75.4 cm³/mol. The maximum Gasteiger partial charge on any atom is 0.306 e. The van der Waals surface area contributed by atoms with Crippen molar-refractivity contribution in [1.29, 1.82) is 0 Å². The van der Waals surface area contributed by atoms with Gasteiger partial charge in [0.05, 0.1) is 10.4 Å².